The molecule has 0 radical (unpaired) electrons. The molecule has 0 atom stereocenters. The van der Waals surface area contributed by atoms with Crippen molar-refractivity contribution < 1.29 is 22.2 Å². The molecule has 6 nitrogen and oxygen atoms in total. The van der Waals surface area contributed by atoms with Crippen LogP contribution in [-0.4, -0.2) is 24.2 Å². The molecule has 0 aromatic heterocycles. The average molecular weight is 355 g/mol. The summed E-state index contributed by atoms with van der Waals surface area (Å²) in [6.45, 7) is 1.97. The van der Waals surface area contributed by atoms with Crippen LogP contribution < -0.4 is 5.32 Å². The van der Waals surface area contributed by atoms with E-state index in [2.05, 4.69) is 5.32 Å². The minimum Gasteiger partial charge on any atom is -0.351 e. The Morgan fingerprint density at radius 2 is 1.60 bits per heavy atom. The van der Waals surface area contributed by atoms with E-state index in [1.54, 1.807) is 6.07 Å². The molecule has 1 heterocycles. The number of ketones is 2. The van der Waals surface area contributed by atoms with E-state index in [1.165, 1.54) is 0 Å². The number of aryl methyl sites for hydroxylation is 1. The van der Waals surface area contributed by atoms with Gasteiger partial charge >= 0.3 is 10.6 Å². The van der Waals surface area contributed by atoms with Crippen LogP contribution in [0.1, 0.15) is 31.8 Å². The van der Waals surface area contributed by atoms with Gasteiger partial charge in [-0.3, -0.25) is 9.59 Å². The molecule has 2 aliphatic rings. The van der Waals surface area contributed by atoms with Gasteiger partial charge in [0.15, 0.2) is 5.78 Å². The second kappa shape index (κ2) is 6.45. The molecule has 0 amide bonds. The fourth-order valence-corrected chi connectivity index (χ4v) is 3.02. The second-order valence-electron chi connectivity index (χ2n) is 5.72. The smallest absolute Gasteiger partial charge is 0.351 e. The van der Waals surface area contributed by atoms with Gasteiger partial charge in [-0.1, -0.05) is 29.8 Å². The van der Waals surface area contributed by atoms with Gasteiger partial charge in [0.2, 0.25) is 5.78 Å². The van der Waals surface area contributed by atoms with Crippen LogP contribution in [0.3, 0.4) is 0 Å². The number of nitrogens with one attached hydrogen (secondary N) is 1. The molecular weight excluding hydrogens is 342 g/mol. The number of carbonyl (C=O) groups is 2. The number of benzene rings is 2. The average Bonchev–Trinajstić information content (AvgIpc) is 3.05. The number of allylic oxidation sites excluding steroid dienone is 2. The van der Waals surface area contributed by atoms with Gasteiger partial charge in [0, 0.05) is 28.8 Å². The first-order valence-corrected chi connectivity index (χ1v) is 8.43. The fourth-order valence-electron chi connectivity index (χ4n) is 3.02. The number of Topliss-reactive ketones (excluding diaryl/α,β-unsaturated/α-hetero) is 2. The number of hydrogen-bond donors (Lipinski definition) is 1. The molecule has 0 spiro atoms. The summed E-state index contributed by atoms with van der Waals surface area (Å²) in [6, 6.07) is 13.2. The first-order chi connectivity index (χ1) is 11.9. The molecule has 126 valence electrons. The maximum Gasteiger partial charge on any atom is 0.425 e. The summed E-state index contributed by atoms with van der Waals surface area (Å²) in [7, 11) is -3.11. The summed E-state index contributed by atoms with van der Waals surface area (Å²) in [6.07, 6.45) is 0.524. The predicted octanol–water partition coefficient (Wildman–Crippen LogP) is 2.29. The number of fused-ring (bicyclic) bond motifs is 2. The third-order valence-corrected chi connectivity index (χ3v) is 4.11. The van der Waals surface area contributed by atoms with E-state index in [4.69, 9.17) is 12.6 Å². The van der Waals surface area contributed by atoms with Crippen molar-refractivity contribution in [3.8, 4) is 0 Å². The molecule has 1 N–H and O–H groups in total. The van der Waals surface area contributed by atoms with Crippen molar-refractivity contribution in [2.45, 2.75) is 13.3 Å². The molecule has 0 saturated carbocycles. The minimum absolute atomic E-state index is 0.0302. The Balaban J connectivity index is 0.000000415. The first kappa shape index (κ1) is 16.8. The molecule has 2 aromatic rings. The van der Waals surface area contributed by atoms with E-state index in [1.807, 2.05) is 43.3 Å². The van der Waals surface area contributed by atoms with Crippen molar-refractivity contribution in [3.63, 3.8) is 0 Å². The Hall–Kier alpha value is -3.06. The number of anilines is 1. The quantitative estimate of drug-likeness (QED) is 0.728. The van der Waals surface area contributed by atoms with Crippen LogP contribution >= 0.6 is 0 Å². The van der Waals surface area contributed by atoms with E-state index in [0.717, 1.165) is 22.4 Å². The maximum atomic E-state index is 12.6. The van der Waals surface area contributed by atoms with Crippen LogP contribution in [0.2, 0.25) is 0 Å². The van der Waals surface area contributed by atoms with E-state index < -0.39 is 10.6 Å². The molecule has 7 heteroatoms. The lowest BCUT2D eigenvalue weighted by Crippen LogP contribution is -2.09. The molecule has 0 bridgehead atoms. The molecular formula is C18H13NO5S. The van der Waals surface area contributed by atoms with Gasteiger partial charge in [-0.15, -0.1) is 12.6 Å². The van der Waals surface area contributed by atoms with Crippen LogP contribution in [0, 0.1) is 6.92 Å². The van der Waals surface area contributed by atoms with Gasteiger partial charge in [-0.2, -0.15) is 0 Å². The zero-order valence-electron chi connectivity index (χ0n) is 13.2. The highest BCUT2D eigenvalue weighted by Crippen LogP contribution is 2.35. The number of para-hydroxylation sites is 1. The monoisotopic (exact) mass is 355 g/mol. The standard InChI is InChI=1S/C18H13NO2.O3S/c1-10-6-7-11-9-14(17(20)13(11)8-10)16-18(21)12-4-2-3-5-15(12)19-16;1-4(2)3/h2-8,19H,9H2,1H3;/b16-14-;. The molecule has 25 heavy (non-hydrogen) atoms. The van der Waals surface area contributed by atoms with E-state index >= 15 is 0 Å². The summed E-state index contributed by atoms with van der Waals surface area (Å²) in [5.74, 6) is -0.115. The minimum atomic E-state index is -3.11. The van der Waals surface area contributed by atoms with Crippen LogP contribution in [0.4, 0.5) is 5.69 Å². The molecule has 2 aromatic carbocycles. The van der Waals surface area contributed by atoms with Crippen LogP contribution in [0.5, 0.6) is 0 Å². The van der Waals surface area contributed by atoms with Crippen molar-refractivity contribution in [2.75, 3.05) is 5.32 Å². The Bertz CT molecular complexity index is 1040. The van der Waals surface area contributed by atoms with Crippen molar-refractivity contribution >= 4 is 27.9 Å². The zero-order valence-corrected chi connectivity index (χ0v) is 14.0. The highest BCUT2D eigenvalue weighted by atomic mass is 32.2. The summed E-state index contributed by atoms with van der Waals surface area (Å²) in [4.78, 5) is 25.1. The third kappa shape index (κ3) is 3.14. The maximum absolute atomic E-state index is 12.6. The van der Waals surface area contributed by atoms with Gasteiger partial charge in [-0.25, -0.2) is 0 Å². The third-order valence-electron chi connectivity index (χ3n) is 4.11. The first-order valence-electron chi connectivity index (χ1n) is 7.43. The van der Waals surface area contributed by atoms with Crippen molar-refractivity contribution in [2.24, 2.45) is 0 Å². The van der Waals surface area contributed by atoms with Crippen molar-refractivity contribution in [1.29, 1.82) is 0 Å². The predicted molar refractivity (Wildman–Crippen MR) is 90.3 cm³/mol. The lowest BCUT2D eigenvalue weighted by molar-refractivity contribution is 0.101. The molecule has 0 fully saturated rings. The van der Waals surface area contributed by atoms with Crippen LogP contribution in [0.15, 0.2) is 53.7 Å². The summed E-state index contributed by atoms with van der Waals surface area (Å²) < 4.78 is 25.3. The van der Waals surface area contributed by atoms with Gasteiger partial charge in [0.05, 0.1) is 5.70 Å². The molecule has 1 aliphatic carbocycles. The van der Waals surface area contributed by atoms with Gasteiger partial charge < -0.3 is 5.32 Å². The largest absolute Gasteiger partial charge is 0.425 e. The van der Waals surface area contributed by atoms with Crippen LogP contribution in [-0.2, 0) is 17.0 Å². The van der Waals surface area contributed by atoms with Gasteiger partial charge in [0.1, 0.15) is 0 Å². The topological polar surface area (TPSA) is 97.4 Å². The Morgan fingerprint density at radius 1 is 0.920 bits per heavy atom. The highest BCUT2D eigenvalue weighted by Gasteiger charge is 2.34. The summed E-state index contributed by atoms with van der Waals surface area (Å²) >= 11 is 0. The SMILES string of the molecule is Cc1ccc2c(c1)C(=O)/C(=C1\Nc3ccccc3C1=O)C2.O=S(=O)=O. The highest BCUT2D eigenvalue weighted by molar-refractivity contribution is 7.59. The fraction of sp³-hybridized carbons (Fsp3) is 0.111. The van der Waals surface area contributed by atoms with Crippen molar-refractivity contribution in [3.05, 3.63) is 76.0 Å². The van der Waals surface area contributed by atoms with Gasteiger partial charge in [-0.05, 0) is 30.7 Å². The Kier molecular flexibility index (Phi) is 4.33. The molecule has 4 rings (SSSR count). The number of carbonyl (C=O) groups excluding carboxylic acids is 2. The Labute approximate surface area is 145 Å². The summed E-state index contributed by atoms with van der Waals surface area (Å²) in [5.41, 5.74) is 5.22. The van der Waals surface area contributed by atoms with E-state index in [9.17, 15) is 9.59 Å². The Morgan fingerprint density at radius 3 is 2.28 bits per heavy atom. The van der Waals surface area contributed by atoms with E-state index in [0.29, 0.717) is 23.3 Å². The number of hydrogen-bond acceptors (Lipinski definition) is 6. The number of rotatable bonds is 0. The zero-order chi connectivity index (χ0) is 18.1. The normalized spacial score (nSPS) is 17.3. The lowest BCUT2D eigenvalue weighted by Gasteiger charge is -2.02. The van der Waals surface area contributed by atoms with Gasteiger partial charge in [0.25, 0.3) is 0 Å². The van der Waals surface area contributed by atoms with Crippen LogP contribution in [0.25, 0.3) is 0 Å². The van der Waals surface area contributed by atoms with E-state index in [-0.39, 0.29) is 11.6 Å². The van der Waals surface area contributed by atoms with Crippen molar-refractivity contribution in [1.82, 2.24) is 0 Å². The lowest BCUT2D eigenvalue weighted by atomic mass is 10.0. The second-order valence-corrected chi connectivity index (χ2v) is 6.13. The molecule has 0 saturated heterocycles. The molecule has 0 unspecified atom stereocenters. The summed E-state index contributed by atoms with van der Waals surface area (Å²) in [5, 5.41) is 3.12. The molecule has 1 aliphatic heterocycles.